The molecule has 1 amide bonds. The maximum absolute atomic E-state index is 12.6. The summed E-state index contributed by atoms with van der Waals surface area (Å²) in [5.74, 6) is 0.0201. The first-order valence-electron chi connectivity index (χ1n) is 9.08. The van der Waals surface area contributed by atoms with Crippen LogP contribution in [-0.2, 0) is 11.0 Å². The van der Waals surface area contributed by atoms with Gasteiger partial charge in [0.05, 0.1) is 5.56 Å². The molecule has 138 valence electrons. The van der Waals surface area contributed by atoms with Crippen molar-refractivity contribution in [2.45, 2.75) is 50.7 Å². The number of rotatable bonds is 5. The van der Waals surface area contributed by atoms with Crippen molar-refractivity contribution in [3.8, 4) is 0 Å². The SMILES string of the molecule is CCCN1CCC(NC(=O)C2CC2c2ccc(C(F)(F)F)cc2)CC1. The van der Waals surface area contributed by atoms with E-state index in [1.54, 1.807) is 0 Å². The normalized spacial score (nSPS) is 25.0. The molecule has 0 bridgehead atoms. The third kappa shape index (κ3) is 4.54. The third-order valence-electron chi connectivity index (χ3n) is 5.27. The highest BCUT2D eigenvalue weighted by Crippen LogP contribution is 2.48. The number of likely N-dealkylation sites (tertiary alicyclic amines) is 1. The third-order valence-corrected chi connectivity index (χ3v) is 5.27. The molecule has 3 rings (SSSR count). The summed E-state index contributed by atoms with van der Waals surface area (Å²) in [6, 6.07) is 5.45. The lowest BCUT2D eigenvalue weighted by Crippen LogP contribution is -2.45. The molecule has 3 nitrogen and oxygen atoms in total. The summed E-state index contributed by atoms with van der Waals surface area (Å²) in [6.45, 7) is 5.32. The van der Waals surface area contributed by atoms with Crippen LogP contribution in [0.3, 0.4) is 0 Å². The summed E-state index contributed by atoms with van der Waals surface area (Å²) in [4.78, 5) is 14.8. The molecule has 2 atom stereocenters. The predicted octanol–water partition coefficient (Wildman–Crippen LogP) is 3.80. The van der Waals surface area contributed by atoms with Crippen molar-refractivity contribution in [3.63, 3.8) is 0 Å². The second kappa shape index (κ2) is 7.36. The van der Waals surface area contributed by atoms with Crippen LogP contribution in [-0.4, -0.2) is 36.5 Å². The van der Waals surface area contributed by atoms with E-state index < -0.39 is 11.7 Å². The van der Waals surface area contributed by atoms with Gasteiger partial charge in [0.25, 0.3) is 0 Å². The fraction of sp³-hybridized carbons (Fsp3) is 0.632. The molecule has 0 spiro atoms. The Morgan fingerprint density at radius 3 is 2.40 bits per heavy atom. The van der Waals surface area contributed by atoms with Gasteiger partial charge < -0.3 is 10.2 Å². The predicted molar refractivity (Wildman–Crippen MR) is 90.2 cm³/mol. The molecule has 0 aromatic heterocycles. The van der Waals surface area contributed by atoms with Gasteiger partial charge >= 0.3 is 6.18 Å². The lowest BCUT2D eigenvalue weighted by atomic mass is 10.0. The Morgan fingerprint density at radius 1 is 1.20 bits per heavy atom. The van der Waals surface area contributed by atoms with Crippen LogP contribution >= 0.6 is 0 Å². The van der Waals surface area contributed by atoms with E-state index in [4.69, 9.17) is 0 Å². The van der Waals surface area contributed by atoms with E-state index in [0.29, 0.717) is 0 Å². The molecular formula is C19H25F3N2O. The summed E-state index contributed by atoms with van der Waals surface area (Å²) >= 11 is 0. The van der Waals surface area contributed by atoms with E-state index in [2.05, 4.69) is 17.1 Å². The number of piperidine rings is 1. The van der Waals surface area contributed by atoms with Crippen LogP contribution in [0, 0.1) is 5.92 Å². The second-order valence-electron chi connectivity index (χ2n) is 7.19. The molecule has 1 saturated carbocycles. The number of amides is 1. The number of carbonyl (C=O) groups excluding carboxylic acids is 1. The van der Waals surface area contributed by atoms with Crippen LogP contribution in [0.5, 0.6) is 0 Å². The Kier molecular flexibility index (Phi) is 5.37. The van der Waals surface area contributed by atoms with E-state index in [0.717, 1.165) is 63.0 Å². The Hall–Kier alpha value is -1.56. The van der Waals surface area contributed by atoms with Crippen molar-refractivity contribution in [2.75, 3.05) is 19.6 Å². The zero-order valence-electron chi connectivity index (χ0n) is 14.5. The van der Waals surface area contributed by atoms with E-state index in [9.17, 15) is 18.0 Å². The van der Waals surface area contributed by atoms with E-state index in [1.165, 1.54) is 12.1 Å². The minimum atomic E-state index is -4.31. The van der Waals surface area contributed by atoms with Gasteiger partial charge in [0.1, 0.15) is 0 Å². The minimum absolute atomic E-state index is 0.0545. The number of halogens is 3. The smallest absolute Gasteiger partial charge is 0.353 e. The summed E-state index contributed by atoms with van der Waals surface area (Å²) in [5.41, 5.74) is 0.183. The fourth-order valence-corrected chi connectivity index (χ4v) is 3.70. The van der Waals surface area contributed by atoms with E-state index >= 15 is 0 Å². The standard InChI is InChI=1S/C19H25F3N2O/c1-2-9-24-10-7-15(8-11-24)23-18(25)17-12-16(17)13-3-5-14(6-4-13)19(20,21)22/h3-6,15-17H,2,7-12H2,1H3,(H,23,25). The summed E-state index contributed by atoms with van der Waals surface area (Å²) in [6.07, 6.45) is -0.488. The largest absolute Gasteiger partial charge is 0.416 e. The zero-order chi connectivity index (χ0) is 18.0. The lowest BCUT2D eigenvalue weighted by Gasteiger charge is -2.32. The van der Waals surface area contributed by atoms with Crippen molar-refractivity contribution >= 4 is 5.91 Å². The Balaban J connectivity index is 1.48. The number of benzene rings is 1. The maximum Gasteiger partial charge on any atom is 0.416 e. The molecule has 1 saturated heterocycles. The topological polar surface area (TPSA) is 32.3 Å². The molecule has 25 heavy (non-hydrogen) atoms. The Labute approximate surface area is 146 Å². The van der Waals surface area contributed by atoms with Crippen LogP contribution in [0.25, 0.3) is 0 Å². The average molecular weight is 354 g/mol. The number of alkyl halides is 3. The van der Waals surface area contributed by atoms with Crippen LogP contribution in [0.4, 0.5) is 13.2 Å². The van der Waals surface area contributed by atoms with Crippen LogP contribution in [0.1, 0.15) is 49.7 Å². The monoisotopic (exact) mass is 354 g/mol. The van der Waals surface area contributed by atoms with Gasteiger partial charge in [0, 0.05) is 25.0 Å². The average Bonchev–Trinajstić information content (AvgIpc) is 3.37. The van der Waals surface area contributed by atoms with Gasteiger partial charge in [-0.2, -0.15) is 13.2 Å². The number of carbonyl (C=O) groups is 1. The Morgan fingerprint density at radius 2 is 1.84 bits per heavy atom. The van der Waals surface area contributed by atoms with Gasteiger partial charge in [-0.25, -0.2) is 0 Å². The number of hydrogen-bond acceptors (Lipinski definition) is 2. The van der Waals surface area contributed by atoms with Crippen LogP contribution < -0.4 is 5.32 Å². The quantitative estimate of drug-likeness (QED) is 0.872. The highest BCUT2D eigenvalue weighted by molar-refractivity contribution is 5.83. The van der Waals surface area contributed by atoms with Gasteiger partial charge in [-0.1, -0.05) is 19.1 Å². The molecule has 0 radical (unpaired) electrons. The van der Waals surface area contributed by atoms with Crippen molar-refractivity contribution in [3.05, 3.63) is 35.4 Å². The first-order chi connectivity index (χ1) is 11.9. The highest BCUT2D eigenvalue weighted by atomic mass is 19.4. The first-order valence-corrected chi connectivity index (χ1v) is 9.08. The van der Waals surface area contributed by atoms with Gasteiger partial charge in [-0.3, -0.25) is 4.79 Å². The molecule has 2 fully saturated rings. The fourth-order valence-electron chi connectivity index (χ4n) is 3.70. The van der Waals surface area contributed by atoms with Crippen molar-refractivity contribution < 1.29 is 18.0 Å². The first kappa shape index (κ1) is 18.2. The highest BCUT2D eigenvalue weighted by Gasteiger charge is 2.44. The minimum Gasteiger partial charge on any atom is -0.353 e. The van der Waals surface area contributed by atoms with Crippen molar-refractivity contribution in [1.29, 1.82) is 0 Å². The van der Waals surface area contributed by atoms with Gasteiger partial charge in [-0.15, -0.1) is 0 Å². The second-order valence-corrected chi connectivity index (χ2v) is 7.19. The molecule has 1 aliphatic heterocycles. The Bertz CT molecular complexity index is 592. The molecule has 2 unspecified atom stereocenters. The maximum atomic E-state index is 12.6. The van der Waals surface area contributed by atoms with Gasteiger partial charge in [0.15, 0.2) is 0 Å². The molecule has 1 N–H and O–H groups in total. The zero-order valence-corrected chi connectivity index (χ0v) is 14.5. The van der Waals surface area contributed by atoms with Gasteiger partial charge in [-0.05, 0) is 55.8 Å². The van der Waals surface area contributed by atoms with Gasteiger partial charge in [0.2, 0.25) is 5.91 Å². The number of nitrogens with one attached hydrogen (secondary N) is 1. The molecule has 2 aliphatic rings. The molecule has 1 aromatic rings. The number of hydrogen-bond donors (Lipinski definition) is 1. The van der Waals surface area contributed by atoms with Crippen molar-refractivity contribution in [1.82, 2.24) is 10.2 Å². The van der Waals surface area contributed by atoms with Crippen molar-refractivity contribution in [2.24, 2.45) is 5.92 Å². The summed E-state index contributed by atoms with van der Waals surface area (Å²) in [5, 5.41) is 3.13. The molecule has 1 aliphatic carbocycles. The summed E-state index contributed by atoms with van der Waals surface area (Å²) < 4.78 is 37.8. The number of nitrogens with zero attached hydrogens (tertiary/aromatic N) is 1. The van der Waals surface area contributed by atoms with E-state index in [-0.39, 0.29) is 23.8 Å². The molecule has 1 heterocycles. The molecular weight excluding hydrogens is 329 g/mol. The lowest BCUT2D eigenvalue weighted by molar-refractivity contribution is -0.137. The molecule has 1 aromatic carbocycles. The van der Waals surface area contributed by atoms with E-state index in [1.807, 2.05) is 0 Å². The summed E-state index contributed by atoms with van der Waals surface area (Å²) in [7, 11) is 0. The van der Waals surface area contributed by atoms with Crippen LogP contribution in [0.15, 0.2) is 24.3 Å². The van der Waals surface area contributed by atoms with Crippen LogP contribution in [0.2, 0.25) is 0 Å². The molecule has 6 heteroatoms.